The minimum atomic E-state index is -0.0125. The Bertz CT molecular complexity index is 383. The maximum atomic E-state index is 7.60. The molecule has 0 aromatic heterocycles. The summed E-state index contributed by atoms with van der Waals surface area (Å²) in [6.45, 7) is 0. The van der Waals surface area contributed by atoms with Gasteiger partial charge in [-0.2, -0.15) is 0 Å². The molecule has 2 nitrogen and oxygen atoms in total. The van der Waals surface area contributed by atoms with Gasteiger partial charge in [0, 0.05) is 12.3 Å². The first-order valence-corrected chi connectivity index (χ1v) is 9.70. The molecule has 0 radical (unpaired) electrons. The minimum absolute atomic E-state index is 0.0125. The molecular formula is C20H34N2. The Morgan fingerprint density at radius 1 is 0.909 bits per heavy atom. The first kappa shape index (κ1) is 16.2. The lowest BCUT2D eigenvalue weighted by atomic mass is 9.62. The summed E-state index contributed by atoms with van der Waals surface area (Å²) in [5.41, 5.74) is 6.27. The minimum Gasteiger partial charge on any atom is -0.323 e. The predicted octanol–water partition coefficient (Wildman–Crippen LogP) is 4.93. The monoisotopic (exact) mass is 302 g/mol. The van der Waals surface area contributed by atoms with Crippen LogP contribution in [0, 0.1) is 35.0 Å². The summed E-state index contributed by atoms with van der Waals surface area (Å²) in [5.74, 6) is 4.00. The third kappa shape index (κ3) is 3.82. The Morgan fingerprint density at radius 3 is 2.36 bits per heavy atom. The van der Waals surface area contributed by atoms with Crippen LogP contribution in [0.3, 0.4) is 0 Å². The summed E-state index contributed by atoms with van der Waals surface area (Å²) in [4.78, 5) is 0. The van der Waals surface area contributed by atoms with Crippen LogP contribution in [0.25, 0.3) is 0 Å². The average molecular weight is 303 g/mol. The summed E-state index contributed by atoms with van der Waals surface area (Å²) in [6, 6.07) is -0.0125. The maximum Gasteiger partial charge on any atom is 0.0421 e. The number of nitrogens with two attached hydrogens (primary N) is 1. The van der Waals surface area contributed by atoms with Crippen molar-refractivity contribution in [3.8, 4) is 0 Å². The Labute approximate surface area is 136 Å². The molecule has 0 aromatic rings. The quantitative estimate of drug-likeness (QED) is 0.561. The second kappa shape index (κ2) is 7.77. The van der Waals surface area contributed by atoms with E-state index < -0.39 is 0 Å². The van der Waals surface area contributed by atoms with Crippen molar-refractivity contribution in [2.75, 3.05) is 0 Å². The smallest absolute Gasteiger partial charge is 0.0421 e. The summed E-state index contributed by atoms with van der Waals surface area (Å²) >= 11 is 0. The van der Waals surface area contributed by atoms with Crippen molar-refractivity contribution in [2.45, 2.75) is 76.7 Å². The highest BCUT2D eigenvalue weighted by molar-refractivity contribution is 5.60. The first-order chi connectivity index (χ1) is 10.8. The number of hydrogen-bond acceptors (Lipinski definition) is 2. The van der Waals surface area contributed by atoms with Gasteiger partial charge in [-0.3, -0.25) is 0 Å². The molecule has 0 saturated heterocycles. The van der Waals surface area contributed by atoms with Crippen molar-refractivity contribution in [1.82, 2.24) is 0 Å². The summed E-state index contributed by atoms with van der Waals surface area (Å²) in [6.07, 6.45) is 21.6. The van der Waals surface area contributed by atoms with E-state index >= 15 is 0 Å². The Morgan fingerprint density at radius 2 is 1.68 bits per heavy atom. The zero-order valence-electron chi connectivity index (χ0n) is 14.1. The molecule has 0 bridgehead atoms. The fraction of sp³-hybridized carbons (Fsp3) is 0.850. The molecule has 0 aliphatic heterocycles. The van der Waals surface area contributed by atoms with Gasteiger partial charge in [-0.1, -0.05) is 44.3 Å². The van der Waals surface area contributed by atoms with Crippen molar-refractivity contribution in [1.29, 1.82) is 5.41 Å². The van der Waals surface area contributed by atoms with Crippen LogP contribution in [0.5, 0.6) is 0 Å². The third-order valence-electron chi connectivity index (χ3n) is 6.77. The van der Waals surface area contributed by atoms with E-state index in [1.807, 2.05) is 0 Å². The fourth-order valence-corrected chi connectivity index (χ4v) is 5.48. The summed E-state index contributed by atoms with van der Waals surface area (Å²) in [5, 5.41) is 7.60. The van der Waals surface area contributed by atoms with Gasteiger partial charge in [0.15, 0.2) is 0 Å². The highest BCUT2D eigenvalue weighted by atomic mass is 14.7. The molecule has 0 amide bonds. The molecular weight excluding hydrogens is 268 g/mol. The van der Waals surface area contributed by atoms with Gasteiger partial charge in [0.2, 0.25) is 0 Å². The van der Waals surface area contributed by atoms with E-state index in [0.29, 0.717) is 5.92 Å². The predicted molar refractivity (Wildman–Crippen MR) is 94.1 cm³/mol. The average Bonchev–Trinajstić information content (AvgIpc) is 2.62. The molecule has 0 spiro atoms. The van der Waals surface area contributed by atoms with Gasteiger partial charge in [0.25, 0.3) is 0 Å². The Balaban J connectivity index is 1.70. The lowest BCUT2D eigenvalue weighted by Gasteiger charge is -2.43. The van der Waals surface area contributed by atoms with Crippen LogP contribution >= 0.6 is 0 Å². The largest absolute Gasteiger partial charge is 0.323 e. The molecule has 3 aliphatic rings. The van der Waals surface area contributed by atoms with E-state index in [9.17, 15) is 0 Å². The van der Waals surface area contributed by atoms with Gasteiger partial charge >= 0.3 is 0 Å². The third-order valence-corrected chi connectivity index (χ3v) is 6.77. The molecule has 2 saturated carbocycles. The first-order valence-electron chi connectivity index (χ1n) is 9.70. The zero-order valence-corrected chi connectivity index (χ0v) is 14.1. The van der Waals surface area contributed by atoms with Crippen LogP contribution in [0.4, 0.5) is 0 Å². The Hall–Kier alpha value is -0.630. The molecule has 2 fully saturated rings. The topological polar surface area (TPSA) is 49.9 Å². The number of allylic oxidation sites excluding steroid dienone is 2. The Kier molecular flexibility index (Phi) is 5.73. The maximum absolute atomic E-state index is 7.60. The molecule has 124 valence electrons. The van der Waals surface area contributed by atoms with Gasteiger partial charge in [0.05, 0.1) is 0 Å². The van der Waals surface area contributed by atoms with Crippen LogP contribution in [0.15, 0.2) is 12.2 Å². The van der Waals surface area contributed by atoms with E-state index in [0.717, 1.165) is 23.7 Å². The van der Waals surface area contributed by atoms with Crippen LogP contribution in [-0.4, -0.2) is 12.3 Å². The molecule has 3 aliphatic carbocycles. The summed E-state index contributed by atoms with van der Waals surface area (Å²) in [7, 11) is 0. The normalized spacial score (nSPS) is 38.6. The van der Waals surface area contributed by atoms with Crippen molar-refractivity contribution in [3.63, 3.8) is 0 Å². The van der Waals surface area contributed by atoms with Gasteiger partial charge < -0.3 is 11.1 Å². The van der Waals surface area contributed by atoms with E-state index in [-0.39, 0.29) is 6.04 Å². The van der Waals surface area contributed by atoms with Gasteiger partial charge in [-0.25, -0.2) is 0 Å². The second-order valence-corrected chi connectivity index (χ2v) is 8.15. The zero-order chi connectivity index (χ0) is 15.4. The van der Waals surface area contributed by atoms with Crippen molar-refractivity contribution in [3.05, 3.63) is 12.2 Å². The van der Waals surface area contributed by atoms with Crippen molar-refractivity contribution in [2.24, 2.45) is 35.3 Å². The number of rotatable bonds is 4. The second-order valence-electron chi connectivity index (χ2n) is 8.15. The highest BCUT2D eigenvalue weighted by Crippen LogP contribution is 2.46. The molecule has 5 unspecified atom stereocenters. The van der Waals surface area contributed by atoms with Crippen LogP contribution in [-0.2, 0) is 0 Å². The van der Waals surface area contributed by atoms with E-state index in [4.69, 9.17) is 11.1 Å². The lowest BCUT2D eigenvalue weighted by molar-refractivity contribution is 0.0939. The molecule has 3 N–H and O–H groups in total. The molecule has 2 heteroatoms. The van der Waals surface area contributed by atoms with Crippen LogP contribution in [0.1, 0.15) is 70.6 Å². The molecule has 0 aromatic carbocycles. The van der Waals surface area contributed by atoms with Crippen molar-refractivity contribution >= 4 is 6.21 Å². The SMILES string of the molecule is N=CC(N)C1CC(C2C=CCCC2)CC(C2CCCCC2)C1. The molecule has 5 atom stereocenters. The molecule has 3 rings (SSSR count). The highest BCUT2D eigenvalue weighted by Gasteiger charge is 2.38. The lowest BCUT2D eigenvalue weighted by Crippen LogP contribution is -2.40. The molecule has 0 heterocycles. The van der Waals surface area contributed by atoms with Gasteiger partial charge in [-0.15, -0.1) is 0 Å². The number of hydrogen-bond donors (Lipinski definition) is 2. The van der Waals surface area contributed by atoms with Crippen LogP contribution in [0.2, 0.25) is 0 Å². The number of nitrogens with one attached hydrogen (secondary N) is 1. The van der Waals surface area contributed by atoms with Gasteiger partial charge in [0.1, 0.15) is 0 Å². The molecule has 22 heavy (non-hydrogen) atoms. The van der Waals surface area contributed by atoms with Crippen LogP contribution < -0.4 is 5.73 Å². The fourth-order valence-electron chi connectivity index (χ4n) is 5.48. The summed E-state index contributed by atoms with van der Waals surface area (Å²) < 4.78 is 0. The van der Waals surface area contributed by atoms with Gasteiger partial charge in [-0.05, 0) is 68.1 Å². The van der Waals surface area contributed by atoms with Crippen molar-refractivity contribution < 1.29 is 0 Å². The van der Waals surface area contributed by atoms with E-state index in [2.05, 4.69) is 12.2 Å². The van der Waals surface area contributed by atoms with E-state index in [1.165, 1.54) is 76.8 Å². The standard InChI is InChI=1S/C20H34N2/c21-14-20(22)19-12-17(15-7-3-1-4-8-15)11-18(13-19)16-9-5-2-6-10-16/h3,7,14-21H,1-2,4-6,8-13,22H2. The van der Waals surface area contributed by atoms with E-state index in [1.54, 1.807) is 0 Å².